The van der Waals surface area contributed by atoms with Crippen LogP contribution < -0.4 is 10.2 Å². The maximum Gasteiger partial charge on any atom is 0.416 e. The Kier molecular flexibility index (Phi) is 5.35. The van der Waals surface area contributed by atoms with Crippen LogP contribution in [0.5, 0.6) is 0 Å². The van der Waals surface area contributed by atoms with Gasteiger partial charge in [-0.15, -0.1) is 0 Å². The van der Waals surface area contributed by atoms with E-state index in [1.807, 2.05) is 16.7 Å². The molecule has 2 unspecified atom stereocenters. The van der Waals surface area contributed by atoms with Gasteiger partial charge < -0.3 is 10.2 Å². The molecule has 1 aromatic heterocycles. The van der Waals surface area contributed by atoms with Crippen molar-refractivity contribution < 1.29 is 22.4 Å². The van der Waals surface area contributed by atoms with E-state index in [-0.39, 0.29) is 24.5 Å². The Morgan fingerprint density at radius 2 is 1.83 bits per heavy atom. The van der Waals surface area contributed by atoms with Crippen molar-refractivity contribution in [2.75, 3.05) is 29.9 Å². The number of piperidine rings is 1. The number of hydrogen-bond acceptors (Lipinski definition) is 5. The summed E-state index contributed by atoms with van der Waals surface area (Å²) in [5, 5.41) is 2.63. The van der Waals surface area contributed by atoms with Crippen molar-refractivity contribution in [2.45, 2.75) is 38.0 Å². The number of nitrogens with one attached hydrogen (secondary N) is 1. The second-order valence-electron chi connectivity index (χ2n) is 7.56. The van der Waals surface area contributed by atoms with Gasteiger partial charge in [0.05, 0.1) is 17.8 Å². The Labute approximate surface area is 170 Å². The molecule has 6 nitrogen and oxygen atoms in total. The van der Waals surface area contributed by atoms with Crippen molar-refractivity contribution in [3.8, 4) is 0 Å². The molecule has 160 valence electrons. The Balaban J connectivity index is 1.34. The maximum absolute atomic E-state index is 14.5. The number of halogens is 4. The molecule has 10 heteroatoms. The molecule has 3 saturated heterocycles. The fourth-order valence-electron chi connectivity index (χ4n) is 4.09. The molecule has 0 radical (unpaired) electrons. The third-order valence-corrected chi connectivity index (χ3v) is 5.64. The SMILES string of the molecule is CCc1ncnc(N2CC3CC(C2)N3CC(=O)Nc2ccc(C(F)(F)F)cc2)c1F. The number of alkyl halides is 3. The van der Waals surface area contributed by atoms with E-state index in [2.05, 4.69) is 15.3 Å². The van der Waals surface area contributed by atoms with Crippen LogP contribution >= 0.6 is 0 Å². The summed E-state index contributed by atoms with van der Waals surface area (Å²) in [4.78, 5) is 24.3. The maximum atomic E-state index is 14.5. The van der Waals surface area contributed by atoms with E-state index in [4.69, 9.17) is 0 Å². The number of carbonyl (C=O) groups is 1. The number of piperazine rings is 1. The van der Waals surface area contributed by atoms with Crippen molar-refractivity contribution in [1.82, 2.24) is 14.9 Å². The molecule has 0 saturated carbocycles. The van der Waals surface area contributed by atoms with Crippen LogP contribution in [0.15, 0.2) is 30.6 Å². The summed E-state index contributed by atoms with van der Waals surface area (Å²) in [5.74, 6) is -0.391. The van der Waals surface area contributed by atoms with Gasteiger partial charge in [0.2, 0.25) is 5.91 Å². The molecule has 3 aliphatic rings. The predicted molar refractivity (Wildman–Crippen MR) is 103 cm³/mol. The molecule has 1 amide bonds. The van der Waals surface area contributed by atoms with Crippen LogP contribution in [0.4, 0.5) is 29.1 Å². The first-order valence-corrected chi connectivity index (χ1v) is 9.73. The van der Waals surface area contributed by atoms with Crippen molar-refractivity contribution in [3.63, 3.8) is 0 Å². The number of carbonyl (C=O) groups excluding carboxylic acids is 1. The van der Waals surface area contributed by atoms with Crippen molar-refractivity contribution in [1.29, 1.82) is 0 Å². The number of benzene rings is 1. The van der Waals surface area contributed by atoms with Crippen LogP contribution in [-0.4, -0.2) is 52.5 Å². The molecule has 1 N–H and O–H groups in total. The van der Waals surface area contributed by atoms with E-state index in [0.29, 0.717) is 36.7 Å². The average molecular weight is 423 g/mol. The lowest BCUT2D eigenvalue weighted by atomic mass is 9.87. The lowest BCUT2D eigenvalue weighted by Gasteiger charge is -2.56. The molecule has 3 fully saturated rings. The van der Waals surface area contributed by atoms with Gasteiger partial charge in [-0.3, -0.25) is 9.69 Å². The molecule has 1 aromatic carbocycles. The predicted octanol–water partition coefficient (Wildman–Crippen LogP) is 3.10. The van der Waals surface area contributed by atoms with Crippen molar-refractivity contribution in [2.24, 2.45) is 0 Å². The Morgan fingerprint density at radius 3 is 2.43 bits per heavy atom. The van der Waals surface area contributed by atoms with Crippen LogP contribution in [0.3, 0.4) is 0 Å². The number of aryl methyl sites for hydroxylation is 1. The molecule has 5 rings (SSSR count). The molecule has 3 aliphatic heterocycles. The molecular formula is C20H21F4N5O. The highest BCUT2D eigenvalue weighted by Crippen LogP contribution is 2.35. The van der Waals surface area contributed by atoms with Gasteiger partial charge in [-0.1, -0.05) is 6.92 Å². The summed E-state index contributed by atoms with van der Waals surface area (Å²) in [6, 6.07) is 4.55. The van der Waals surface area contributed by atoms with Gasteiger partial charge in [0, 0.05) is 30.9 Å². The third-order valence-electron chi connectivity index (χ3n) is 5.64. The standard InChI is InChI=1S/C20H21F4N5O/c1-2-16-18(21)19(26-11-25-16)28-8-14-7-15(9-28)29(14)10-17(30)27-13-5-3-12(4-6-13)20(22,23)24/h3-6,11,14-15H,2,7-10H2,1H3,(H,27,30). The van der Waals surface area contributed by atoms with Gasteiger partial charge in [-0.05, 0) is 37.1 Å². The number of aromatic nitrogens is 2. The number of fused-ring (bicyclic) bond motifs is 2. The Bertz CT molecular complexity index is 922. The smallest absolute Gasteiger partial charge is 0.351 e. The largest absolute Gasteiger partial charge is 0.416 e. The molecule has 0 aliphatic carbocycles. The lowest BCUT2D eigenvalue weighted by Crippen LogP contribution is -2.70. The van der Waals surface area contributed by atoms with Crippen molar-refractivity contribution >= 4 is 17.4 Å². The second kappa shape index (κ2) is 7.82. The van der Waals surface area contributed by atoms with Gasteiger partial charge in [0.25, 0.3) is 0 Å². The van der Waals surface area contributed by atoms with Gasteiger partial charge in [0.15, 0.2) is 11.6 Å². The van der Waals surface area contributed by atoms with Crippen LogP contribution in [0.2, 0.25) is 0 Å². The van der Waals surface area contributed by atoms with Gasteiger partial charge in [-0.2, -0.15) is 13.2 Å². The highest BCUT2D eigenvalue weighted by Gasteiger charge is 2.46. The summed E-state index contributed by atoms with van der Waals surface area (Å²) in [6.45, 7) is 3.08. The Hall–Kier alpha value is -2.75. The molecule has 2 bridgehead atoms. The number of anilines is 2. The van der Waals surface area contributed by atoms with E-state index < -0.39 is 17.6 Å². The van der Waals surface area contributed by atoms with E-state index in [1.54, 1.807) is 0 Å². The van der Waals surface area contributed by atoms with Gasteiger partial charge in [-0.25, -0.2) is 14.4 Å². The van der Waals surface area contributed by atoms with E-state index in [1.165, 1.54) is 18.5 Å². The van der Waals surface area contributed by atoms with E-state index in [9.17, 15) is 22.4 Å². The first kappa shape index (κ1) is 20.5. The quantitative estimate of drug-likeness (QED) is 0.749. The van der Waals surface area contributed by atoms with Crippen molar-refractivity contribution in [3.05, 3.63) is 47.7 Å². The molecule has 2 aromatic rings. The molecular weight excluding hydrogens is 402 g/mol. The molecule has 30 heavy (non-hydrogen) atoms. The minimum atomic E-state index is -4.41. The molecule has 4 heterocycles. The van der Waals surface area contributed by atoms with E-state index >= 15 is 0 Å². The first-order chi connectivity index (χ1) is 14.3. The summed E-state index contributed by atoms with van der Waals surface area (Å²) in [7, 11) is 0. The fourth-order valence-corrected chi connectivity index (χ4v) is 4.09. The third kappa shape index (κ3) is 3.96. The summed E-state index contributed by atoms with van der Waals surface area (Å²) in [5.41, 5.74) is -0.0662. The average Bonchev–Trinajstić information content (AvgIpc) is 2.72. The van der Waals surface area contributed by atoms with Crippen LogP contribution in [0, 0.1) is 5.82 Å². The van der Waals surface area contributed by atoms with Crippen LogP contribution in [0.25, 0.3) is 0 Å². The Morgan fingerprint density at radius 1 is 1.17 bits per heavy atom. The molecule has 2 atom stereocenters. The topological polar surface area (TPSA) is 61.4 Å². The first-order valence-electron chi connectivity index (χ1n) is 9.73. The summed E-state index contributed by atoms with van der Waals surface area (Å²) < 4.78 is 52.4. The highest BCUT2D eigenvalue weighted by atomic mass is 19.4. The van der Waals surface area contributed by atoms with Crippen LogP contribution in [0.1, 0.15) is 24.6 Å². The van der Waals surface area contributed by atoms with E-state index in [0.717, 1.165) is 18.6 Å². The number of amides is 1. The monoisotopic (exact) mass is 423 g/mol. The summed E-state index contributed by atoms with van der Waals surface area (Å²) in [6.07, 6.45) is -1.65. The van der Waals surface area contributed by atoms with Gasteiger partial charge >= 0.3 is 6.18 Å². The zero-order chi connectivity index (χ0) is 21.5. The van der Waals surface area contributed by atoms with Gasteiger partial charge in [0.1, 0.15) is 6.33 Å². The normalized spacial score (nSPS) is 21.3. The zero-order valence-corrected chi connectivity index (χ0v) is 16.3. The summed E-state index contributed by atoms with van der Waals surface area (Å²) >= 11 is 0. The van der Waals surface area contributed by atoms with Crippen LogP contribution in [-0.2, 0) is 17.4 Å². The minimum Gasteiger partial charge on any atom is -0.351 e. The molecule has 0 spiro atoms. The number of rotatable bonds is 5. The minimum absolute atomic E-state index is 0.0987. The lowest BCUT2D eigenvalue weighted by molar-refractivity contribution is -0.137. The zero-order valence-electron chi connectivity index (χ0n) is 16.3. The number of nitrogens with zero attached hydrogens (tertiary/aromatic N) is 4. The second-order valence-corrected chi connectivity index (χ2v) is 7.56. The highest BCUT2D eigenvalue weighted by molar-refractivity contribution is 5.92. The fraction of sp³-hybridized carbons (Fsp3) is 0.450. The number of hydrogen-bond donors (Lipinski definition) is 1.